The van der Waals surface area contributed by atoms with Gasteiger partial charge in [0, 0.05) is 12.5 Å². The first-order chi connectivity index (χ1) is 7.16. The highest BCUT2D eigenvalue weighted by Crippen LogP contribution is 2.22. The van der Waals surface area contributed by atoms with Crippen LogP contribution in [0.3, 0.4) is 0 Å². The minimum absolute atomic E-state index is 0.209. The van der Waals surface area contributed by atoms with Crippen LogP contribution in [0.15, 0.2) is 4.79 Å². The van der Waals surface area contributed by atoms with Crippen molar-refractivity contribution in [2.45, 2.75) is 40.0 Å². The molecule has 0 radical (unpaired) electrons. The third kappa shape index (κ3) is 2.05. The molecule has 0 aliphatic heterocycles. The fourth-order valence-corrected chi connectivity index (χ4v) is 1.57. The summed E-state index contributed by atoms with van der Waals surface area (Å²) >= 11 is 0. The van der Waals surface area contributed by atoms with Crippen molar-refractivity contribution in [1.29, 1.82) is 0 Å². The van der Waals surface area contributed by atoms with Crippen molar-refractivity contribution in [2.24, 2.45) is 7.05 Å². The Bertz CT molecular complexity index is 493. The Morgan fingerprint density at radius 2 is 1.81 bits per heavy atom. The fourth-order valence-electron chi connectivity index (χ4n) is 1.57. The summed E-state index contributed by atoms with van der Waals surface area (Å²) in [5, 5.41) is 0. The van der Waals surface area contributed by atoms with Gasteiger partial charge in [0.05, 0.1) is 5.69 Å². The van der Waals surface area contributed by atoms with Crippen molar-refractivity contribution < 1.29 is 4.79 Å². The van der Waals surface area contributed by atoms with Crippen LogP contribution < -0.4 is 5.56 Å². The quantitative estimate of drug-likeness (QED) is 0.678. The van der Waals surface area contributed by atoms with Crippen molar-refractivity contribution in [3.05, 3.63) is 27.4 Å². The van der Waals surface area contributed by atoms with Crippen LogP contribution in [-0.4, -0.2) is 15.3 Å². The van der Waals surface area contributed by atoms with E-state index in [0.717, 1.165) is 0 Å². The Morgan fingerprint density at radius 1 is 1.31 bits per heavy atom. The largest absolute Gasteiger partial charge is 0.299 e. The summed E-state index contributed by atoms with van der Waals surface area (Å²) in [7, 11) is 1.63. The van der Waals surface area contributed by atoms with Crippen LogP contribution in [0, 0.1) is 6.92 Å². The first-order valence-electron chi connectivity index (χ1n) is 5.25. The summed E-state index contributed by atoms with van der Waals surface area (Å²) in [6.07, 6.45) is 0. The zero-order valence-corrected chi connectivity index (χ0v) is 10.7. The molecule has 0 atom stereocenters. The summed E-state index contributed by atoms with van der Waals surface area (Å²) in [6.45, 7) is 9.01. The predicted octanol–water partition coefficient (Wildman–Crippen LogP) is 1.59. The first-order valence-corrected chi connectivity index (χ1v) is 5.25. The zero-order chi connectivity index (χ0) is 12.7. The second-order valence-corrected chi connectivity index (χ2v) is 5.05. The molecule has 1 aromatic rings. The van der Waals surface area contributed by atoms with E-state index in [-0.39, 0.29) is 22.3 Å². The Kier molecular flexibility index (Phi) is 3.03. The van der Waals surface area contributed by atoms with Crippen LogP contribution in [0.5, 0.6) is 0 Å². The molecule has 0 spiro atoms. The first kappa shape index (κ1) is 12.6. The second kappa shape index (κ2) is 3.85. The average molecular weight is 222 g/mol. The lowest BCUT2D eigenvalue weighted by Crippen LogP contribution is -2.32. The van der Waals surface area contributed by atoms with Gasteiger partial charge in [-0.05, 0) is 13.8 Å². The molecule has 0 unspecified atom stereocenters. The Morgan fingerprint density at radius 3 is 2.19 bits per heavy atom. The van der Waals surface area contributed by atoms with E-state index in [1.54, 1.807) is 14.0 Å². The topological polar surface area (TPSA) is 52.0 Å². The van der Waals surface area contributed by atoms with Crippen LogP contribution in [0.1, 0.15) is 49.6 Å². The molecular formula is C12H18N2O2. The summed E-state index contributed by atoms with van der Waals surface area (Å²) < 4.78 is 1.41. The van der Waals surface area contributed by atoms with E-state index in [1.807, 2.05) is 20.8 Å². The van der Waals surface area contributed by atoms with Crippen LogP contribution in [0.25, 0.3) is 0 Å². The predicted molar refractivity (Wildman–Crippen MR) is 62.9 cm³/mol. The van der Waals surface area contributed by atoms with E-state index in [4.69, 9.17) is 0 Å². The molecule has 4 heteroatoms. The maximum Gasteiger partial charge on any atom is 0.264 e. The number of hydrogen-bond donors (Lipinski definition) is 0. The molecule has 88 valence electrons. The number of carbonyl (C=O) groups excluding carboxylic acids is 1. The summed E-state index contributed by atoms with van der Waals surface area (Å²) in [6, 6.07) is 0. The number of rotatable bonds is 1. The molecule has 0 N–H and O–H groups in total. The third-order valence-corrected chi connectivity index (χ3v) is 2.58. The summed E-state index contributed by atoms with van der Waals surface area (Å²) in [4.78, 5) is 27.9. The van der Waals surface area contributed by atoms with E-state index < -0.39 is 0 Å². The van der Waals surface area contributed by atoms with E-state index in [1.165, 1.54) is 11.5 Å². The van der Waals surface area contributed by atoms with Crippen molar-refractivity contribution >= 4 is 5.78 Å². The highest BCUT2D eigenvalue weighted by Gasteiger charge is 2.25. The molecule has 1 heterocycles. The minimum Gasteiger partial charge on any atom is -0.299 e. The molecule has 1 rings (SSSR count). The van der Waals surface area contributed by atoms with Crippen molar-refractivity contribution in [3.8, 4) is 0 Å². The summed E-state index contributed by atoms with van der Waals surface area (Å²) in [5.74, 6) is 0.401. The van der Waals surface area contributed by atoms with Gasteiger partial charge in [-0.2, -0.15) is 0 Å². The average Bonchev–Trinajstić information content (AvgIpc) is 2.11. The molecule has 0 aromatic carbocycles. The van der Waals surface area contributed by atoms with Gasteiger partial charge in [0.2, 0.25) is 0 Å². The molecule has 0 saturated carbocycles. The number of Topliss-reactive ketones (excluding diaryl/α,β-unsaturated/α-hetero) is 1. The summed E-state index contributed by atoms with van der Waals surface area (Å²) in [5.41, 5.74) is 0.227. The highest BCUT2D eigenvalue weighted by molar-refractivity contribution is 5.95. The molecule has 0 amide bonds. The number of hydrogen-bond acceptors (Lipinski definition) is 3. The van der Waals surface area contributed by atoms with Crippen LogP contribution in [0.2, 0.25) is 0 Å². The maximum absolute atomic E-state index is 12.0. The fraction of sp³-hybridized carbons (Fsp3) is 0.583. The van der Waals surface area contributed by atoms with Crippen molar-refractivity contribution in [3.63, 3.8) is 0 Å². The lowest BCUT2D eigenvalue weighted by Gasteiger charge is -2.21. The number of carbonyl (C=O) groups is 1. The molecule has 1 aromatic heterocycles. The molecule has 0 aliphatic rings. The molecule has 0 saturated heterocycles. The van der Waals surface area contributed by atoms with Gasteiger partial charge >= 0.3 is 0 Å². The van der Waals surface area contributed by atoms with Gasteiger partial charge in [-0.25, -0.2) is 4.98 Å². The minimum atomic E-state index is -0.306. The second-order valence-electron chi connectivity index (χ2n) is 5.05. The lowest BCUT2D eigenvalue weighted by atomic mass is 9.87. The van der Waals surface area contributed by atoms with Gasteiger partial charge in [0.1, 0.15) is 11.4 Å². The van der Waals surface area contributed by atoms with E-state index in [2.05, 4.69) is 4.98 Å². The SMILES string of the molecule is CC(=O)c1c(C(C)(C)C)nc(C)n(C)c1=O. The molecule has 4 nitrogen and oxygen atoms in total. The number of nitrogens with zero attached hydrogens (tertiary/aromatic N) is 2. The van der Waals surface area contributed by atoms with Gasteiger partial charge in [-0.3, -0.25) is 14.2 Å². The molecular weight excluding hydrogens is 204 g/mol. The monoisotopic (exact) mass is 222 g/mol. The van der Waals surface area contributed by atoms with Gasteiger partial charge in [-0.1, -0.05) is 20.8 Å². The Labute approximate surface area is 95.3 Å². The zero-order valence-electron chi connectivity index (χ0n) is 10.7. The van der Waals surface area contributed by atoms with E-state index in [9.17, 15) is 9.59 Å². The normalized spacial score (nSPS) is 11.6. The van der Waals surface area contributed by atoms with Crippen LogP contribution >= 0.6 is 0 Å². The van der Waals surface area contributed by atoms with Crippen LogP contribution in [-0.2, 0) is 12.5 Å². The molecule has 0 bridgehead atoms. The lowest BCUT2D eigenvalue weighted by molar-refractivity contribution is 0.101. The molecule has 0 fully saturated rings. The Hall–Kier alpha value is -1.45. The van der Waals surface area contributed by atoms with Gasteiger partial charge < -0.3 is 0 Å². The van der Waals surface area contributed by atoms with Gasteiger partial charge in [0.25, 0.3) is 5.56 Å². The van der Waals surface area contributed by atoms with E-state index in [0.29, 0.717) is 11.5 Å². The van der Waals surface area contributed by atoms with Crippen LogP contribution in [0.4, 0.5) is 0 Å². The maximum atomic E-state index is 12.0. The van der Waals surface area contributed by atoms with Gasteiger partial charge in [0.15, 0.2) is 5.78 Å². The van der Waals surface area contributed by atoms with Crippen molar-refractivity contribution in [1.82, 2.24) is 9.55 Å². The number of ketones is 1. The molecule has 0 aliphatic carbocycles. The van der Waals surface area contributed by atoms with E-state index >= 15 is 0 Å². The Balaban J connectivity index is 3.75. The highest BCUT2D eigenvalue weighted by atomic mass is 16.1. The molecule has 16 heavy (non-hydrogen) atoms. The number of aryl methyl sites for hydroxylation is 1. The third-order valence-electron chi connectivity index (χ3n) is 2.58. The smallest absolute Gasteiger partial charge is 0.264 e. The standard InChI is InChI=1S/C12H18N2O2/c1-7(15)9-10(12(3,4)5)13-8(2)14(6)11(9)16/h1-6H3. The number of aromatic nitrogens is 2. The van der Waals surface area contributed by atoms with Gasteiger partial charge in [-0.15, -0.1) is 0 Å². The van der Waals surface area contributed by atoms with Crippen molar-refractivity contribution in [2.75, 3.05) is 0 Å².